The first-order chi connectivity index (χ1) is 26.7. The minimum Gasteiger partial charge on any atom is -0.462 e. The molecule has 0 amide bonds. The molecule has 314 valence electrons. The number of hydrogen-bond acceptors (Lipinski definition) is 8. The lowest BCUT2D eigenvalue weighted by Crippen LogP contribution is -2.29. The van der Waals surface area contributed by atoms with Crippen LogP contribution in [0, 0.1) is 0 Å². The number of allylic oxidation sites excluding steroid dienone is 14. The maximum absolute atomic E-state index is 12.6. The second-order valence-electron chi connectivity index (χ2n) is 13.8. The highest BCUT2D eigenvalue weighted by Crippen LogP contribution is 2.43. The molecule has 0 bridgehead atoms. The molecular formula is C45H76NO8P. The van der Waals surface area contributed by atoms with Crippen LogP contribution in [0.3, 0.4) is 0 Å². The molecule has 0 aromatic carbocycles. The molecule has 55 heavy (non-hydrogen) atoms. The highest BCUT2D eigenvalue weighted by molar-refractivity contribution is 7.47. The number of phosphoric acid groups is 1. The number of unbranched alkanes of at least 4 members (excludes halogenated alkanes) is 9. The molecular weight excluding hydrogens is 713 g/mol. The van der Waals surface area contributed by atoms with Crippen LogP contribution in [0.2, 0.25) is 0 Å². The second kappa shape index (κ2) is 39.4. The van der Waals surface area contributed by atoms with Gasteiger partial charge in [0.2, 0.25) is 0 Å². The lowest BCUT2D eigenvalue weighted by Gasteiger charge is -2.20. The van der Waals surface area contributed by atoms with Gasteiger partial charge in [-0.2, -0.15) is 0 Å². The average Bonchev–Trinajstić information content (AvgIpc) is 3.15. The highest BCUT2D eigenvalue weighted by Gasteiger charge is 2.26. The summed E-state index contributed by atoms with van der Waals surface area (Å²) in [5, 5.41) is 0. The molecule has 0 aliphatic heterocycles. The van der Waals surface area contributed by atoms with Crippen LogP contribution < -0.4 is 0 Å². The maximum Gasteiger partial charge on any atom is 0.472 e. The van der Waals surface area contributed by atoms with E-state index in [4.69, 9.17) is 18.5 Å². The van der Waals surface area contributed by atoms with Crippen molar-refractivity contribution in [3.05, 3.63) is 85.1 Å². The summed E-state index contributed by atoms with van der Waals surface area (Å²) in [5.41, 5.74) is 0. The maximum atomic E-state index is 12.6. The molecule has 0 radical (unpaired) electrons. The minimum absolute atomic E-state index is 0.0105. The first kappa shape index (κ1) is 52.2. The van der Waals surface area contributed by atoms with E-state index in [1.165, 1.54) is 25.7 Å². The molecule has 0 aliphatic carbocycles. The van der Waals surface area contributed by atoms with Gasteiger partial charge in [-0.15, -0.1) is 0 Å². The number of carbonyl (C=O) groups is 2. The monoisotopic (exact) mass is 790 g/mol. The standard InChI is InChI=1S/C45H76NO8P/c1-5-7-9-11-13-15-17-19-21-22-24-26-28-30-32-34-36-38-45(48)54-43(42-53-55(49,50)52-40-39-46(3)4)41-51-44(47)37-35-33-31-29-27-25-23-20-18-16-14-12-10-8-6-2/h8,10,13-16,19-21,23-24,26,30,32,43H,5-7,9,11-12,17-18,22,25,27-29,31,33-42H2,1-4H3,(H,49,50)/b10-8-,15-13-,16-14-,21-19-,23-20-,26-24-,32-30-. The zero-order valence-electron chi connectivity index (χ0n) is 34.8. The molecule has 1 N–H and O–H groups in total. The van der Waals surface area contributed by atoms with Crippen molar-refractivity contribution in [3.8, 4) is 0 Å². The van der Waals surface area contributed by atoms with Crippen LogP contribution in [0.25, 0.3) is 0 Å². The van der Waals surface area contributed by atoms with Crippen LogP contribution in [-0.2, 0) is 32.7 Å². The van der Waals surface area contributed by atoms with Crippen molar-refractivity contribution < 1.29 is 37.6 Å². The third kappa shape index (κ3) is 40.7. The Morgan fingerprint density at radius 1 is 0.582 bits per heavy atom. The molecule has 0 fully saturated rings. The highest BCUT2D eigenvalue weighted by atomic mass is 31.2. The van der Waals surface area contributed by atoms with Crippen LogP contribution >= 0.6 is 7.82 Å². The second-order valence-corrected chi connectivity index (χ2v) is 15.2. The zero-order valence-corrected chi connectivity index (χ0v) is 35.7. The van der Waals surface area contributed by atoms with Gasteiger partial charge in [0.1, 0.15) is 6.61 Å². The summed E-state index contributed by atoms with van der Waals surface area (Å²) in [6.45, 7) is 4.07. The van der Waals surface area contributed by atoms with Gasteiger partial charge in [-0.1, -0.05) is 131 Å². The Balaban J connectivity index is 4.47. The topological polar surface area (TPSA) is 112 Å². The summed E-state index contributed by atoms with van der Waals surface area (Å²) in [6.07, 6.45) is 47.8. The predicted molar refractivity (Wildman–Crippen MR) is 229 cm³/mol. The fourth-order valence-electron chi connectivity index (χ4n) is 4.99. The summed E-state index contributed by atoms with van der Waals surface area (Å²) < 4.78 is 33.3. The third-order valence-corrected chi connectivity index (χ3v) is 9.17. The third-order valence-electron chi connectivity index (χ3n) is 8.19. The van der Waals surface area contributed by atoms with Crippen molar-refractivity contribution in [3.63, 3.8) is 0 Å². The van der Waals surface area contributed by atoms with Gasteiger partial charge >= 0.3 is 19.8 Å². The molecule has 2 unspecified atom stereocenters. The van der Waals surface area contributed by atoms with E-state index in [1.54, 1.807) is 4.90 Å². The van der Waals surface area contributed by atoms with E-state index in [0.717, 1.165) is 70.6 Å². The number of nitrogens with zero attached hydrogens (tertiary/aromatic N) is 1. The Kier molecular flexibility index (Phi) is 37.4. The number of phosphoric ester groups is 1. The first-order valence-electron chi connectivity index (χ1n) is 20.9. The van der Waals surface area contributed by atoms with Crippen LogP contribution in [0.4, 0.5) is 0 Å². The van der Waals surface area contributed by atoms with Crippen LogP contribution in [0.1, 0.15) is 142 Å². The van der Waals surface area contributed by atoms with E-state index in [9.17, 15) is 19.0 Å². The fraction of sp³-hybridized carbons (Fsp3) is 0.644. The SMILES string of the molecule is CC/C=C\C/C=C\C/C=C\CCCCCCCC(=O)OCC(COP(=O)(O)OCCN(C)C)OC(=O)CCC/C=C\C/C=C\C/C=C\C/C=C\CCCCC. The Labute approximate surface area is 335 Å². The fourth-order valence-corrected chi connectivity index (χ4v) is 5.73. The molecule has 0 rings (SSSR count). The normalized spacial score (nSPS) is 14.3. The lowest BCUT2D eigenvalue weighted by atomic mass is 10.1. The van der Waals surface area contributed by atoms with E-state index >= 15 is 0 Å². The van der Waals surface area contributed by atoms with Crippen molar-refractivity contribution in [2.75, 3.05) is 40.5 Å². The molecule has 9 nitrogen and oxygen atoms in total. The predicted octanol–water partition coefficient (Wildman–Crippen LogP) is 11.9. The Hall–Kier alpha value is -2.81. The summed E-state index contributed by atoms with van der Waals surface area (Å²) in [4.78, 5) is 36.9. The summed E-state index contributed by atoms with van der Waals surface area (Å²) in [5.74, 6) is -0.898. The summed E-state index contributed by atoms with van der Waals surface area (Å²) >= 11 is 0. The molecule has 0 saturated carbocycles. The molecule has 0 aliphatic rings. The molecule has 10 heteroatoms. The van der Waals surface area contributed by atoms with Crippen molar-refractivity contribution in [1.29, 1.82) is 0 Å². The van der Waals surface area contributed by atoms with Crippen molar-refractivity contribution in [2.24, 2.45) is 0 Å². The number of likely N-dealkylation sites (N-methyl/N-ethyl adjacent to an activating group) is 1. The van der Waals surface area contributed by atoms with E-state index in [-0.39, 0.29) is 26.1 Å². The van der Waals surface area contributed by atoms with Gasteiger partial charge in [-0.3, -0.25) is 18.6 Å². The van der Waals surface area contributed by atoms with Crippen molar-refractivity contribution >= 4 is 19.8 Å². The Bertz CT molecular complexity index is 1190. The van der Waals surface area contributed by atoms with Gasteiger partial charge in [-0.05, 0) is 97.6 Å². The Morgan fingerprint density at radius 2 is 1.05 bits per heavy atom. The van der Waals surface area contributed by atoms with E-state index in [1.807, 2.05) is 20.2 Å². The number of rotatable bonds is 37. The van der Waals surface area contributed by atoms with E-state index in [2.05, 4.69) is 92.8 Å². The zero-order chi connectivity index (χ0) is 40.5. The molecule has 0 saturated heterocycles. The molecule has 0 spiro atoms. The van der Waals surface area contributed by atoms with Crippen LogP contribution in [-0.4, -0.2) is 68.3 Å². The van der Waals surface area contributed by atoms with Gasteiger partial charge in [0.05, 0.1) is 13.2 Å². The van der Waals surface area contributed by atoms with Gasteiger partial charge in [0, 0.05) is 19.4 Å². The van der Waals surface area contributed by atoms with Crippen molar-refractivity contribution in [1.82, 2.24) is 4.90 Å². The molecule has 0 aromatic heterocycles. The summed E-state index contributed by atoms with van der Waals surface area (Å²) in [6, 6.07) is 0. The molecule has 0 heterocycles. The molecule has 0 aromatic rings. The number of esters is 2. The Morgan fingerprint density at radius 3 is 1.60 bits per heavy atom. The molecule has 2 atom stereocenters. The first-order valence-corrected chi connectivity index (χ1v) is 22.4. The van der Waals surface area contributed by atoms with Crippen LogP contribution in [0.15, 0.2) is 85.1 Å². The minimum atomic E-state index is -4.38. The summed E-state index contributed by atoms with van der Waals surface area (Å²) in [7, 11) is -0.759. The average molecular weight is 790 g/mol. The van der Waals surface area contributed by atoms with Crippen LogP contribution in [0.5, 0.6) is 0 Å². The number of carbonyl (C=O) groups excluding carboxylic acids is 2. The van der Waals surface area contributed by atoms with E-state index < -0.39 is 32.5 Å². The largest absolute Gasteiger partial charge is 0.472 e. The van der Waals surface area contributed by atoms with Gasteiger partial charge in [-0.25, -0.2) is 4.57 Å². The van der Waals surface area contributed by atoms with Gasteiger partial charge < -0.3 is 19.3 Å². The van der Waals surface area contributed by atoms with Gasteiger partial charge in [0.15, 0.2) is 6.10 Å². The van der Waals surface area contributed by atoms with Gasteiger partial charge in [0.25, 0.3) is 0 Å². The quantitative estimate of drug-likeness (QED) is 0.0284. The number of hydrogen-bond donors (Lipinski definition) is 1. The number of ether oxygens (including phenoxy) is 2. The smallest absolute Gasteiger partial charge is 0.462 e. The van der Waals surface area contributed by atoms with E-state index in [0.29, 0.717) is 25.8 Å². The lowest BCUT2D eigenvalue weighted by molar-refractivity contribution is -0.161. The van der Waals surface area contributed by atoms with Crippen molar-refractivity contribution in [2.45, 2.75) is 148 Å².